The summed E-state index contributed by atoms with van der Waals surface area (Å²) in [6, 6.07) is 11.1. The number of benzene rings is 1. The molecule has 0 amide bonds. The van der Waals surface area contributed by atoms with Crippen molar-refractivity contribution in [3.05, 3.63) is 47.7 Å². The highest BCUT2D eigenvalue weighted by molar-refractivity contribution is 6.00. The number of rotatable bonds is 4. The summed E-state index contributed by atoms with van der Waals surface area (Å²) in [6.07, 6.45) is 4.59. The first-order valence-electron chi connectivity index (χ1n) is 8.98. The van der Waals surface area contributed by atoms with Gasteiger partial charge in [0.1, 0.15) is 11.5 Å². The molecule has 6 heteroatoms. The lowest BCUT2D eigenvalue weighted by atomic mass is 10.2. The van der Waals surface area contributed by atoms with Gasteiger partial charge in [-0.2, -0.15) is 0 Å². The number of aryl methyl sites for hydroxylation is 1. The zero-order chi connectivity index (χ0) is 18.4. The number of aromatic nitrogens is 1. The summed E-state index contributed by atoms with van der Waals surface area (Å²) >= 11 is 0. The van der Waals surface area contributed by atoms with Crippen molar-refractivity contribution in [1.29, 1.82) is 0 Å². The van der Waals surface area contributed by atoms with Crippen LogP contribution in [0, 0.1) is 6.92 Å². The number of hydrogen-bond donors (Lipinski definition) is 1. The van der Waals surface area contributed by atoms with Gasteiger partial charge in [0, 0.05) is 18.8 Å². The van der Waals surface area contributed by atoms with E-state index in [9.17, 15) is 5.21 Å². The van der Waals surface area contributed by atoms with E-state index in [1.807, 2.05) is 43.3 Å². The van der Waals surface area contributed by atoms with Gasteiger partial charge < -0.3 is 19.6 Å². The Morgan fingerprint density at radius 3 is 2.27 bits per heavy atom. The molecule has 0 spiro atoms. The molecule has 138 valence electrons. The highest BCUT2D eigenvalue weighted by Gasteiger charge is 2.21. The summed E-state index contributed by atoms with van der Waals surface area (Å²) in [6.45, 7) is 3.65. The molecule has 6 nitrogen and oxygen atoms in total. The number of nitrogens with zero attached hydrogens (tertiary/aromatic N) is 3. The van der Waals surface area contributed by atoms with Gasteiger partial charge in [-0.15, -0.1) is 0 Å². The van der Waals surface area contributed by atoms with Crippen LogP contribution in [0.4, 0.5) is 0 Å². The molecule has 3 rings (SSSR count). The molecule has 1 aromatic carbocycles. The standard InChI is InChI=1S/C20H25N3O3/c1-15-7-12-18(19(22-24)23-13-5-3-4-6-14-23)20(21-15)26-17-10-8-16(25-2)9-11-17/h7-12,24H,3-6,13-14H2,1-2H3/b22-19-. The van der Waals surface area contributed by atoms with E-state index in [0.717, 1.165) is 37.4 Å². The van der Waals surface area contributed by atoms with Gasteiger partial charge in [-0.25, -0.2) is 4.98 Å². The number of amidine groups is 1. The predicted octanol–water partition coefficient (Wildman–Crippen LogP) is 4.20. The van der Waals surface area contributed by atoms with Gasteiger partial charge >= 0.3 is 0 Å². The Hall–Kier alpha value is -2.76. The van der Waals surface area contributed by atoms with Crippen LogP contribution in [0.5, 0.6) is 17.4 Å². The fourth-order valence-corrected chi connectivity index (χ4v) is 3.11. The van der Waals surface area contributed by atoms with Gasteiger partial charge in [-0.05, 0) is 56.2 Å². The lowest BCUT2D eigenvalue weighted by molar-refractivity contribution is 0.300. The molecule has 2 heterocycles. The van der Waals surface area contributed by atoms with Gasteiger partial charge in [-0.1, -0.05) is 18.0 Å². The van der Waals surface area contributed by atoms with Crippen LogP contribution in [0.1, 0.15) is 36.9 Å². The van der Waals surface area contributed by atoms with Gasteiger partial charge in [0.25, 0.3) is 0 Å². The number of methoxy groups -OCH3 is 1. The van der Waals surface area contributed by atoms with Gasteiger partial charge in [-0.3, -0.25) is 0 Å². The van der Waals surface area contributed by atoms with Crippen LogP contribution < -0.4 is 9.47 Å². The average Bonchev–Trinajstić information content (AvgIpc) is 2.94. The second-order valence-corrected chi connectivity index (χ2v) is 6.41. The van der Waals surface area contributed by atoms with E-state index in [4.69, 9.17) is 9.47 Å². The van der Waals surface area contributed by atoms with Crippen molar-refractivity contribution in [1.82, 2.24) is 9.88 Å². The summed E-state index contributed by atoms with van der Waals surface area (Å²) in [4.78, 5) is 6.64. The lowest BCUT2D eigenvalue weighted by Crippen LogP contribution is -2.33. The van der Waals surface area contributed by atoms with Gasteiger partial charge in [0.15, 0.2) is 5.84 Å². The Morgan fingerprint density at radius 1 is 1.00 bits per heavy atom. The van der Waals surface area contributed by atoms with E-state index >= 15 is 0 Å². The van der Waals surface area contributed by atoms with E-state index < -0.39 is 0 Å². The van der Waals surface area contributed by atoms with Crippen molar-refractivity contribution < 1.29 is 14.7 Å². The molecule has 1 aliphatic rings. The molecular weight excluding hydrogens is 330 g/mol. The first-order valence-corrected chi connectivity index (χ1v) is 8.98. The SMILES string of the molecule is COc1ccc(Oc2nc(C)ccc2/C(=N/O)N2CCCCCC2)cc1. The normalized spacial score (nSPS) is 15.5. The molecule has 0 bridgehead atoms. The van der Waals surface area contributed by atoms with Crippen LogP contribution in [0.3, 0.4) is 0 Å². The zero-order valence-electron chi connectivity index (χ0n) is 15.3. The minimum absolute atomic E-state index is 0.437. The van der Waals surface area contributed by atoms with Crippen molar-refractivity contribution in [3.63, 3.8) is 0 Å². The summed E-state index contributed by atoms with van der Waals surface area (Å²) < 4.78 is 11.2. The molecule has 1 saturated heterocycles. The number of pyridine rings is 1. The predicted molar refractivity (Wildman–Crippen MR) is 100 cm³/mol. The quantitative estimate of drug-likeness (QED) is 0.385. The van der Waals surface area contributed by atoms with Crippen molar-refractivity contribution in [3.8, 4) is 17.4 Å². The van der Waals surface area contributed by atoms with Crippen molar-refractivity contribution in [2.75, 3.05) is 20.2 Å². The molecule has 26 heavy (non-hydrogen) atoms. The largest absolute Gasteiger partial charge is 0.497 e. The lowest BCUT2D eigenvalue weighted by Gasteiger charge is -2.24. The average molecular weight is 355 g/mol. The van der Waals surface area contributed by atoms with E-state index in [1.165, 1.54) is 12.8 Å². The van der Waals surface area contributed by atoms with Gasteiger partial charge in [0.2, 0.25) is 5.88 Å². The third-order valence-electron chi connectivity index (χ3n) is 4.51. The van der Waals surface area contributed by atoms with Crippen LogP contribution >= 0.6 is 0 Å². The maximum Gasteiger partial charge on any atom is 0.230 e. The van der Waals surface area contributed by atoms with Crippen LogP contribution in [0.15, 0.2) is 41.6 Å². The third-order valence-corrected chi connectivity index (χ3v) is 4.51. The molecule has 0 atom stereocenters. The topological polar surface area (TPSA) is 67.2 Å². The van der Waals surface area contributed by atoms with Crippen molar-refractivity contribution in [2.45, 2.75) is 32.6 Å². The number of oxime groups is 1. The highest BCUT2D eigenvalue weighted by atomic mass is 16.5. The molecule has 2 aromatic rings. The van der Waals surface area contributed by atoms with Crippen LogP contribution in [-0.2, 0) is 0 Å². The smallest absolute Gasteiger partial charge is 0.230 e. The molecule has 0 unspecified atom stereocenters. The molecule has 1 N–H and O–H groups in total. The van der Waals surface area contributed by atoms with Crippen molar-refractivity contribution in [2.24, 2.45) is 5.16 Å². The maximum atomic E-state index is 9.70. The van der Waals surface area contributed by atoms with E-state index in [1.54, 1.807) is 7.11 Å². The minimum Gasteiger partial charge on any atom is -0.497 e. The summed E-state index contributed by atoms with van der Waals surface area (Å²) in [5.74, 6) is 2.37. The van der Waals surface area contributed by atoms with E-state index in [-0.39, 0.29) is 0 Å². The Balaban J connectivity index is 1.90. The zero-order valence-corrected chi connectivity index (χ0v) is 15.3. The fourth-order valence-electron chi connectivity index (χ4n) is 3.11. The Labute approximate surface area is 154 Å². The van der Waals surface area contributed by atoms with Crippen LogP contribution in [0.2, 0.25) is 0 Å². The first-order chi connectivity index (χ1) is 12.7. The third kappa shape index (κ3) is 4.25. The Kier molecular flexibility index (Phi) is 5.94. The minimum atomic E-state index is 0.437. The molecule has 1 fully saturated rings. The van der Waals surface area contributed by atoms with E-state index in [0.29, 0.717) is 23.0 Å². The van der Waals surface area contributed by atoms with Crippen LogP contribution in [0.25, 0.3) is 0 Å². The number of ether oxygens (including phenoxy) is 2. The second kappa shape index (κ2) is 8.56. The molecule has 0 aliphatic carbocycles. The molecule has 1 aliphatic heterocycles. The summed E-state index contributed by atoms with van der Waals surface area (Å²) in [5, 5.41) is 13.3. The molecule has 0 saturated carbocycles. The molecular formula is C20H25N3O3. The van der Waals surface area contributed by atoms with E-state index in [2.05, 4.69) is 15.0 Å². The highest BCUT2D eigenvalue weighted by Crippen LogP contribution is 2.27. The summed E-state index contributed by atoms with van der Waals surface area (Å²) in [7, 11) is 1.63. The number of hydrogen-bond acceptors (Lipinski definition) is 5. The maximum absolute atomic E-state index is 9.70. The fraction of sp³-hybridized carbons (Fsp3) is 0.400. The van der Waals surface area contributed by atoms with Gasteiger partial charge in [0.05, 0.1) is 12.7 Å². The van der Waals surface area contributed by atoms with Crippen molar-refractivity contribution >= 4 is 5.84 Å². The number of likely N-dealkylation sites (tertiary alicyclic amines) is 1. The Bertz CT molecular complexity index is 751. The first kappa shape index (κ1) is 18.0. The van der Waals surface area contributed by atoms with Crippen LogP contribution in [-0.4, -0.2) is 41.1 Å². The molecule has 1 aromatic heterocycles. The second-order valence-electron chi connectivity index (χ2n) is 6.41. The monoisotopic (exact) mass is 355 g/mol. The summed E-state index contributed by atoms with van der Waals surface area (Å²) in [5.41, 5.74) is 1.53. The molecule has 0 radical (unpaired) electrons. The Morgan fingerprint density at radius 2 is 1.65 bits per heavy atom.